The number of nitrogens with zero attached hydrogens (tertiary/aromatic N) is 2. The number of rotatable bonds is 2. The summed E-state index contributed by atoms with van der Waals surface area (Å²) in [6.45, 7) is 3.31. The molecule has 2 fully saturated rings. The minimum absolute atomic E-state index is 0.411. The molecular weight excluding hydrogens is 174 g/mol. The highest BCUT2D eigenvalue weighted by molar-refractivity contribution is 4.89. The van der Waals surface area contributed by atoms with Gasteiger partial charge in [-0.3, -0.25) is 4.90 Å². The second-order valence-electron chi connectivity index (χ2n) is 4.45. The molecule has 1 aliphatic carbocycles. The molecule has 0 amide bonds. The summed E-state index contributed by atoms with van der Waals surface area (Å²) in [5, 5.41) is 12.1. The summed E-state index contributed by atoms with van der Waals surface area (Å²) in [7, 11) is 0. The molecule has 2 aliphatic rings. The summed E-state index contributed by atoms with van der Waals surface area (Å²) < 4.78 is 0. The van der Waals surface area contributed by atoms with E-state index in [4.69, 9.17) is 5.26 Å². The Hall–Kier alpha value is -0.590. The number of piperazine rings is 1. The quantitative estimate of drug-likeness (QED) is 0.714. The highest BCUT2D eigenvalue weighted by Crippen LogP contribution is 2.24. The monoisotopic (exact) mass is 193 g/mol. The molecule has 1 N–H and O–H groups in total. The van der Waals surface area contributed by atoms with E-state index in [1.54, 1.807) is 0 Å². The fourth-order valence-electron chi connectivity index (χ4n) is 2.70. The molecule has 3 heteroatoms. The van der Waals surface area contributed by atoms with Gasteiger partial charge in [0.15, 0.2) is 0 Å². The van der Waals surface area contributed by atoms with Crippen LogP contribution in [-0.2, 0) is 0 Å². The smallest absolute Gasteiger partial charge is 0.0638 e. The third kappa shape index (κ3) is 2.26. The zero-order valence-electron chi connectivity index (χ0n) is 8.71. The molecule has 1 unspecified atom stereocenters. The average molecular weight is 193 g/mol. The minimum Gasteiger partial charge on any atom is -0.310 e. The first kappa shape index (κ1) is 9.95. The second-order valence-corrected chi connectivity index (χ2v) is 4.45. The lowest BCUT2D eigenvalue weighted by atomic mass is 10.1. The van der Waals surface area contributed by atoms with Crippen LogP contribution >= 0.6 is 0 Å². The molecule has 0 bridgehead atoms. The number of nitrogens with one attached hydrogen (secondary N) is 1. The molecule has 14 heavy (non-hydrogen) atoms. The van der Waals surface area contributed by atoms with Gasteiger partial charge in [0.1, 0.15) is 0 Å². The van der Waals surface area contributed by atoms with E-state index in [-0.39, 0.29) is 0 Å². The van der Waals surface area contributed by atoms with Crippen molar-refractivity contribution in [2.75, 3.05) is 19.6 Å². The largest absolute Gasteiger partial charge is 0.310 e. The molecule has 0 spiro atoms. The lowest BCUT2D eigenvalue weighted by Gasteiger charge is -2.36. The third-order valence-electron chi connectivity index (χ3n) is 3.47. The molecule has 78 valence electrons. The van der Waals surface area contributed by atoms with Crippen molar-refractivity contribution in [2.24, 2.45) is 0 Å². The van der Waals surface area contributed by atoms with Crippen LogP contribution in [0, 0.1) is 11.3 Å². The Morgan fingerprint density at radius 3 is 2.86 bits per heavy atom. The highest BCUT2D eigenvalue weighted by atomic mass is 15.2. The van der Waals surface area contributed by atoms with Crippen LogP contribution in [0.4, 0.5) is 0 Å². The predicted octanol–water partition coefficient (Wildman–Crippen LogP) is 1.12. The van der Waals surface area contributed by atoms with Crippen molar-refractivity contribution in [1.29, 1.82) is 5.26 Å². The number of hydrogen-bond donors (Lipinski definition) is 1. The van der Waals surface area contributed by atoms with E-state index in [1.807, 2.05) is 0 Å². The van der Waals surface area contributed by atoms with Gasteiger partial charge in [-0.1, -0.05) is 12.8 Å². The Labute approximate surface area is 86.1 Å². The molecule has 1 saturated heterocycles. The lowest BCUT2D eigenvalue weighted by molar-refractivity contribution is 0.146. The molecule has 0 aromatic carbocycles. The van der Waals surface area contributed by atoms with Gasteiger partial charge in [-0.25, -0.2) is 0 Å². The topological polar surface area (TPSA) is 39.1 Å². The molecule has 1 atom stereocenters. The van der Waals surface area contributed by atoms with Gasteiger partial charge in [0.25, 0.3) is 0 Å². The van der Waals surface area contributed by atoms with Crippen LogP contribution < -0.4 is 5.32 Å². The van der Waals surface area contributed by atoms with E-state index in [0.717, 1.165) is 19.1 Å². The fraction of sp³-hybridized carbons (Fsp3) is 0.909. The Balaban J connectivity index is 1.84. The fourth-order valence-corrected chi connectivity index (χ4v) is 2.70. The maximum atomic E-state index is 8.66. The van der Waals surface area contributed by atoms with E-state index >= 15 is 0 Å². The van der Waals surface area contributed by atoms with Crippen molar-refractivity contribution in [3.05, 3.63) is 0 Å². The van der Waals surface area contributed by atoms with Crippen molar-refractivity contribution in [2.45, 2.75) is 44.2 Å². The van der Waals surface area contributed by atoms with Crippen LogP contribution in [0.2, 0.25) is 0 Å². The van der Waals surface area contributed by atoms with Crippen molar-refractivity contribution < 1.29 is 0 Å². The van der Waals surface area contributed by atoms with Crippen LogP contribution in [-0.4, -0.2) is 36.6 Å². The molecule has 0 radical (unpaired) electrons. The van der Waals surface area contributed by atoms with Crippen molar-refractivity contribution in [3.8, 4) is 6.07 Å². The van der Waals surface area contributed by atoms with E-state index in [2.05, 4.69) is 16.3 Å². The molecule has 2 rings (SSSR count). The van der Waals surface area contributed by atoms with Crippen molar-refractivity contribution in [1.82, 2.24) is 10.2 Å². The first-order valence-corrected chi connectivity index (χ1v) is 5.74. The van der Waals surface area contributed by atoms with Gasteiger partial charge in [0, 0.05) is 31.7 Å². The van der Waals surface area contributed by atoms with Gasteiger partial charge < -0.3 is 5.32 Å². The Morgan fingerprint density at radius 2 is 2.14 bits per heavy atom. The van der Waals surface area contributed by atoms with Gasteiger partial charge in [0.05, 0.1) is 12.5 Å². The normalized spacial score (nSPS) is 30.4. The van der Waals surface area contributed by atoms with Gasteiger partial charge in [-0.05, 0) is 12.8 Å². The molecule has 1 heterocycles. The summed E-state index contributed by atoms with van der Waals surface area (Å²) in [5.74, 6) is 0. The van der Waals surface area contributed by atoms with Gasteiger partial charge in [-0.2, -0.15) is 5.26 Å². The molecule has 1 saturated carbocycles. The predicted molar refractivity (Wildman–Crippen MR) is 55.8 cm³/mol. The summed E-state index contributed by atoms with van der Waals surface area (Å²) in [6, 6.07) is 3.49. The molecule has 1 aliphatic heterocycles. The van der Waals surface area contributed by atoms with Crippen molar-refractivity contribution >= 4 is 0 Å². The van der Waals surface area contributed by atoms with Crippen molar-refractivity contribution in [3.63, 3.8) is 0 Å². The van der Waals surface area contributed by atoms with Crippen LogP contribution in [0.1, 0.15) is 32.1 Å². The van der Waals surface area contributed by atoms with Crippen LogP contribution in [0.5, 0.6) is 0 Å². The zero-order valence-corrected chi connectivity index (χ0v) is 8.71. The third-order valence-corrected chi connectivity index (χ3v) is 3.47. The van der Waals surface area contributed by atoms with E-state index in [1.165, 1.54) is 32.2 Å². The SMILES string of the molecule is N#CCC1CN(C2CCCC2)CCN1. The zero-order chi connectivity index (χ0) is 9.80. The Bertz CT molecular complexity index is 215. The summed E-state index contributed by atoms with van der Waals surface area (Å²) in [4.78, 5) is 2.59. The molecule has 0 aromatic heterocycles. The summed E-state index contributed by atoms with van der Waals surface area (Å²) in [6.07, 6.45) is 6.21. The summed E-state index contributed by atoms with van der Waals surface area (Å²) in [5.41, 5.74) is 0. The molecule has 0 aromatic rings. The minimum atomic E-state index is 0.411. The van der Waals surface area contributed by atoms with E-state index in [0.29, 0.717) is 12.5 Å². The van der Waals surface area contributed by atoms with Gasteiger partial charge in [-0.15, -0.1) is 0 Å². The average Bonchev–Trinajstić information content (AvgIpc) is 2.71. The maximum absolute atomic E-state index is 8.66. The van der Waals surface area contributed by atoms with E-state index < -0.39 is 0 Å². The van der Waals surface area contributed by atoms with Crippen LogP contribution in [0.25, 0.3) is 0 Å². The first-order chi connectivity index (χ1) is 6.90. The molecular formula is C11H19N3. The summed E-state index contributed by atoms with van der Waals surface area (Å²) >= 11 is 0. The maximum Gasteiger partial charge on any atom is 0.0638 e. The molecule has 3 nitrogen and oxygen atoms in total. The van der Waals surface area contributed by atoms with Gasteiger partial charge in [0.2, 0.25) is 0 Å². The standard InChI is InChI=1S/C11H19N3/c12-6-5-10-9-14(8-7-13-10)11-3-1-2-4-11/h10-11,13H,1-5,7-9H2. The highest BCUT2D eigenvalue weighted by Gasteiger charge is 2.27. The number of hydrogen-bond acceptors (Lipinski definition) is 3. The van der Waals surface area contributed by atoms with E-state index in [9.17, 15) is 0 Å². The van der Waals surface area contributed by atoms with Crippen LogP contribution in [0.3, 0.4) is 0 Å². The second kappa shape index (κ2) is 4.77. The lowest BCUT2D eigenvalue weighted by Crippen LogP contribution is -2.53. The van der Waals surface area contributed by atoms with Gasteiger partial charge >= 0.3 is 0 Å². The Morgan fingerprint density at radius 1 is 1.36 bits per heavy atom. The first-order valence-electron chi connectivity index (χ1n) is 5.74. The van der Waals surface area contributed by atoms with Crippen LogP contribution in [0.15, 0.2) is 0 Å². The Kier molecular flexibility index (Phi) is 3.39. The number of nitriles is 1.